The van der Waals surface area contributed by atoms with E-state index in [0.717, 1.165) is 28.7 Å². The van der Waals surface area contributed by atoms with Gasteiger partial charge in [-0.25, -0.2) is 4.98 Å². The highest BCUT2D eigenvalue weighted by atomic mass is 35.5. The van der Waals surface area contributed by atoms with Crippen LogP contribution < -0.4 is 14.4 Å². The SMILES string of the molecule is COc1ccc(C=CC(=O)N(CCCN(C)C)c2nc3ccc(Cl)cc3s2)cc1OC. The number of nitrogens with zero attached hydrogens (tertiary/aromatic N) is 3. The van der Waals surface area contributed by atoms with Crippen LogP contribution in [-0.2, 0) is 4.79 Å². The molecule has 0 unspecified atom stereocenters. The van der Waals surface area contributed by atoms with Crippen LogP contribution in [-0.4, -0.2) is 57.2 Å². The summed E-state index contributed by atoms with van der Waals surface area (Å²) in [5.41, 5.74) is 1.68. The van der Waals surface area contributed by atoms with Crippen LogP contribution in [0, 0.1) is 0 Å². The van der Waals surface area contributed by atoms with E-state index in [1.807, 2.05) is 50.5 Å². The van der Waals surface area contributed by atoms with Crippen molar-refractivity contribution in [3.05, 3.63) is 53.1 Å². The van der Waals surface area contributed by atoms with Gasteiger partial charge in [0.15, 0.2) is 16.6 Å². The summed E-state index contributed by atoms with van der Waals surface area (Å²) in [6.07, 6.45) is 4.17. The molecule has 0 saturated carbocycles. The minimum atomic E-state index is -0.126. The van der Waals surface area contributed by atoms with Crippen LogP contribution in [0.4, 0.5) is 5.13 Å². The number of halogens is 1. The number of hydrogen-bond acceptors (Lipinski definition) is 6. The molecule has 0 atom stereocenters. The molecule has 0 saturated heterocycles. The van der Waals surface area contributed by atoms with Gasteiger partial charge in [0.25, 0.3) is 5.91 Å². The van der Waals surface area contributed by atoms with Crippen molar-refractivity contribution in [2.75, 3.05) is 46.3 Å². The van der Waals surface area contributed by atoms with E-state index in [4.69, 9.17) is 21.1 Å². The fourth-order valence-corrected chi connectivity index (χ4v) is 4.33. The first-order chi connectivity index (χ1) is 14.9. The molecule has 0 bridgehead atoms. The van der Waals surface area contributed by atoms with Gasteiger partial charge in [-0.1, -0.05) is 29.0 Å². The van der Waals surface area contributed by atoms with E-state index < -0.39 is 0 Å². The normalized spacial score (nSPS) is 11.4. The van der Waals surface area contributed by atoms with E-state index in [9.17, 15) is 4.79 Å². The Hall–Kier alpha value is -2.61. The number of carbonyl (C=O) groups excluding carboxylic acids is 1. The number of thiazole rings is 1. The summed E-state index contributed by atoms with van der Waals surface area (Å²) < 4.78 is 11.6. The van der Waals surface area contributed by atoms with Crippen LogP contribution in [0.3, 0.4) is 0 Å². The molecular weight excluding hydrogens is 434 g/mol. The van der Waals surface area contributed by atoms with Crippen LogP contribution in [0.5, 0.6) is 11.5 Å². The van der Waals surface area contributed by atoms with Gasteiger partial charge >= 0.3 is 0 Å². The Balaban J connectivity index is 1.85. The lowest BCUT2D eigenvalue weighted by molar-refractivity contribution is -0.114. The first-order valence-corrected chi connectivity index (χ1v) is 11.0. The quantitative estimate of drug-likeness (QED) is 0.423. The second kappa shape index (κ2) is 10.6. The van der Waals surface area contributed by atoms with Crippen molar-refractivity contribution < 1.29 is 14.3 Å². The smallest absolute Gasteiger partial charge is 0.252 e. The van der Waals surface area contributed by atoms with Gasteiger partial charge in [0.2, 0.25) is 0 Å². The molecule has 0 aliphatic carbocycles. The van der Waals surface area contributed by atoms with Crippen LogP contribution in [0.15, 0.2) is 42.5 Å². The number of anilines is 1. The van der Waals surface area contributed by atoms with Gasteiger partial charge in [-0.2, -0.15) is 0 Å². The number of benzene rings is 2. The van der Waals surface area contributed by atoms with Crippen molar-refractivity contribution in [2.45, 2.75) is 6.42 Å². The molecule has 0 radical (unpaired) electrons. The lowest BCUT2D eigenvalue weighted by Crippen LogP contribution is -2.32. The summed E-state index contributed by atoms with van der Waals surface area (Å²) in [5.74, 6) is 1.13. The molecule has 0 N–H and O–H groups in total. The Bertz CT molecular complexity index is 1080. The highest BCUT2D eigenvalue weighted by Crippen LogP contribution is 2.31. The second-order valence-corrected chi connectivity index (χ2v) is 8.65. The maximum absolute atomic E-state index is 13.1. The predicted molar refractivity (Wildman–Crippen MR) is 129 cm³/mol. The molecule has 2 aromatic carbocycles. The van der Waals surface area contributed by atoms with Gasteiger partial charge < -0.3 is 14.4 Å². The number of hydrogen-bond donors (Lipinski definition) is 0. The topological polar surface area (TPSA) is 54.9 Å². The van der Waals surface area contributed by atoms with E-state index in [1.54, 1.807) is 31.3 Å². The van der Waals surface area contributed by atoms with Crippen molar-refractivity contribution in [3.8, 4) is 11.5 Å². The summed E-state index contributed by atoms with van der Waals surface area (Å²) in [4.78, 5) is 21.6. The summed E-state index contributed by atoms with van der Waals surface area (Å²) in [6.45, 7) is 1.45. The summed E-state index contributed by atoms with van der Waals surface area (Å²) in [5, 5.41) is 1.32. The van der Waals surface area contributed by atoms with Gasteiger partial charge in [-0.15, -0.1) is 0 Å². The Labute approximate surface area is 191 Å². The first-order valence-electron chi connectivity index (χ1n) is 9.83. The van der Waals surface area contributed by atoms with Crippen LogP contribution in [0.1, 0.15) is 12.0 Å². The molecule has 164 valence electrons. The lowest BCUT2D eigenvalue weighted by Gasteiger charge is -2.19. The van der Waals surface area contributed by atoms with Gasteiger partial charge in [0.1, 0.15) is 0 Å². The highest BCUT2D eigenvalue weighted by molar-refractivity contribution is 7.22. The first kappa shape index (κ1) is 23.1. The third-order valence-electron chi connectivity index (χ3n) is 4.65. The molecule has 1 aromatic heterocycles. The molecule has 8 heteroatoms. The Morgan fingerprint density at radius 1 is 1.10 bits per heavy atom. The number of rotatable bonds is 9. The maximum Gasteiger partial charge on any atom is 0.252 e. The molecular formula is C23H26ClN3O3S. The third-order valence-corrected chi connectivity index (χ3v) is 5.93. The van der Waals surface area contributed by atoms with Gasteiger partial charge in [-0.3, -0.25) is 9.69 Å². The second-order valence-electron chi connectivity index (χ2n) is 7.20. The summed E-state index contributed by atoms with van der Waals surface area (Å²) in [6, 6.07) is 11.1. The largest absolute Gasteiger partial charge is 0.493 e. The van der Waals surface area contributed by atoms with Crippen LogP contribution >= 0.6 is 22.9 Å². The van der Waals surface area contributed by atoms with Crippen LogP contribution in [0.25, 0.3) is 16.3 Å². The number of ether oxygens (including phenoxy) is 2. The summed E-state index contributed by atoms with van der Waals surface area (Å²) >= 11 is 7.58. The van der Waals surface area contributed by atoms with Crippen molar-refractivity contribution in [1.29, 1.82) is 0 Å². The molecule has 0 fully saturated rings. The molecule has 3 aromatic rings. The van der Waals surface area contributed by atoms with E-state index in [1.165, 1.54) is 11.3 Å². The van der Waals surface area contributed by atoms with Crippen molar-refractivity contribution in [1.82, 2.24) is 9.88 Å². The minimum Gasteiger partial charge on any atom is -0.493 e. The standard InChI is InChI=1S/C23H26ClN3O3S/c1-26(2)12-5-13-27(23-25-18-9-8-17(24)15-21(18)31-23)22(28)11-7-16-6-10-19(29-3)20(14-16)30-4/h6-11,14-15H,5,12-13H2,1-4H3. The van der Waals surface area contributed by atoms with Crippen molar-refractivity contribution in [3.63, 3.8) is 0 Å². The lowest BCUT2D eigenvalue weighted by atomic mass is 10.2. The Morgan fingerprint density at radius 2 is 1.87 bits per heavy atom. The third kappa shape index (κ3) is 5.97. The van der Waals surface area contributed by atoms with Gasteiger partial charge in [0.05, 0.1) is 24.4 Å². The number of amides is 1. The zero-order valence-corrected chi connectivity index (χ0v) is 19.7. The highest BCUT2D eigenvalue weighted by Gasteiger charge is 2.18. The van der Waals surface area contributed by atoms with E-state index >= 15 is 0 Å². The number of fused-ring (bicyclic) bond motifs is 1. The summed E-state index contributed by atoms with van der Waals surface area (Å²) in [7, 11) is 7.21. The Morgan fingerprint density at radius 3 is 2.58 bits per heavy atom. The average Bonchev–Trinajstić information content (AvgIpc) is 3.17. The molecule has 0 aliphatic rings. The number of carbonyl (C=O) groups is 1. The van der Waals surface area contributed by atoms with Gasteiger partial charge in [-0.05, 0) is 69.0 Å². The van der Waals surface area contributed by atoms with Crippen LogP contribution in [0.2, 0.25) is 5.02 Å². The molecule has 31 heavy (non-hydrogen) atoms. The van der Waals surface area contributed by atoms with E-state index in [-0.39, 0.29) is 5.91 Å². The van der Waals surface area contributed by atoms with Gasteiger partial charge in [0, 0.05) is 17.6 Å². The van der Waals surface area contributed by atoms with Crippen molar-refractivity contribution in [2.24, 2.45) is 0 Å². The Kier molecular flexibility index (Phi) is 7.90. The zero-order chi connectivity index (χ0) is 22.4. The molecule has 1 amide bonds. The molecule has 6 nitrogen and oxygen atoms in total. The molecule has 0 aliphatic heterocycles. The maximum atomic E-state index is 13.1. The fourth-order valence-electron chi connectivity index (χ4n) is 3.06. The molecule has 1 heterocycles. The average molecular weight is 460 g/mol. The monoisotopic (exact) mass is 459 g/mol. The fraction of sp³-hybridized carbons (Fsp3) is 0.304. The number of aromatic nitrogens is 1. The predicted octanol–water partition coefficient (Wildman–Crippen LogP) is 4.97. The zero-order valence-electron chi connectivity index (χ0n) is 18.1. The molecule has 0 spiro atoms. The van der Waals surface area contributed by atoms with E-state index in [2.05, 4.69) is 9.88 Å². The number of methoxy groups -OCH3 is 2. The van der Waals surface area contributed by atoms with E-state index in [0.29, 0.717) is 28.2 Å². The van der Waals surface area contributed by atoms with Crippen molar-refractivity contribution >= 4 is 50.3 Å². The minimum absolute atomic E-state index is 0.126. The molecule has 3 rings (SSSR count).